The third kappa shape index (κ3) is 6.98. The Morgan fingerprint density at radius 1 is 1.06 bits per heavy atom. The molecule has 1 saturated carbocycles. The van der Waals surface area contributed by atoms with E-state index in [1.165, 1.54) is 6.42 Å². The minimum atomic E-state index is -0.606. The average Bonchev–Trinajstić information content (AvgIpc) is 2.79. The Bertz CT molecular complexity index is 898. The van der Waals surface area contributed by atoms with Crippen LogP contribution in [0.3, 0.4) is 0 Å². The first-order valence-electron chi connectivity index (χ1n) is 11.6. The molecule has 2 aromatic rings. The summed E-state index contributed by atoms with van der Waals surface area (Å²) in [4.78, 5) is 28.5. The summed E-state index contributed by atoms with van der Waals surface area (Å²) in [6.45, 7) is 2.24. The molecule has 6 heteroatoms. The van der Waals surface area contributed by atoms with Crippen LogP contribution < -0.4 is 5.32 Å². The zero-order valence-electron chi connectivity index (χ0n) is 18.7. The molecule has 0 heterocycles. The van der Waals surface area contributed by atoms with Gasteiger partial charge in [0.15, 0.2) is 0 Å². The first-order chi connectivity index (χ1) is 15.5. The number of hydrogen-bond acceptors (Lipinski definition) is 2. The van der Waals surface area contributed by atoms with Gasteiger partial charge in [-0.2, -0.15) is 0 Å². The molecule has 4 nitrogen and oxygen atoms in total. The molecule has 1 N–H and O–H groups in total. The molecule has 0 spiro atoms. The highest BCUT2D eigenvalue weighted by Crippen LogP contribution is 2.25. The number of rotatable bonds is 9. The van der Waals surface area contributed by atoms with Crippen molar-refractivity contribution in [3.05, 3.63) is 69.7 Å². The number of carbonyl (C=O) groups excluding carboxylic acids is 2. The predicted octanol–water partition coefficient (Wildman–Crippen LogP) is 6.18. The number of benzene rings is 2. The van der Waals surface area contributed by atoms with E-state index in [0.29, 0.717) is 29.3 Å². The van der Waals surface area contributed by atoms with Gasteiger partial charge in [-0.1, -0.05) is 85.8 Å². The lowest BCUT2D eigenvalue weighted by atomic mass is 9.94. The molecule has 0 unspecified atom stereocenters. The molecule has 0 bridgehead atoms. The monoisotopic (exact) mass is 474 g/mol. The fourth-order valence-corrected chi connectivity index (χ4v) is 4.76. The Morgan fingerprint density at radius 3 is 2.44 bits per heavy atom. The zero-order chi connectivity index (χ0) is 22.9. The average molecular weight is 475 g/mol. The minimum absolute atomic E-state index is 0.0433. The summed E-state index contributed by atoms with van der Waals surface area (Å²) >= 11 is 12.5. The van der Waals surface area contributed by atoms with Crippen LogP contribution in [-0.2, 0) is 22.6 Å². The summed E-state index contributed by atoms with van der Waals surface area (Å²) in [6, 6.07) is 14.7. The summed E-state index contributed by atoms with van der Waals surface area (Å²) < 4.78 is 0. The SMILES string of the molecule is CCCC(=O)N(Cc1ccc(Cl)cc1Cl)[C@H](Cc1ccccc1)C(=O)NC1CCCCC1. The number of amides is 2. The molecule has 2 amide bonds. The molecule has 1 aliphatic carbocycles. The molecule has 1 fully saturated rings. The van der Waals surface area contributed by atoms with Gasteiger partial charge in [-0.3, -0.25) is 9.59 Å². The van der Waals surface area contributed by atoms with Crippen LogP contribution in [0.4, 0.5) is 0 Å². The van der Waals surface area contributed by atoms with Gasteiger partial charge in [0.1, 0.15) is 6.04 Å². The second-order valence-electron chi connectivity index (χ2n) is 8.56. The Kier molecular flexibility index (Phi) is 9.43. The highest BCUT2D eigenvalue weighted by atomic mass is 35.5. The zero-order valence-corrected chi connectivity index (χ0v) is 20.2. The van der Waals surface area contributed by atoms with Gasteiger partial charge in [0, 0.05) is 35.5 Å². The van der Waals surface area contributed by atoms with E-state index in [2.05, 4.69) is 5.32 Å². The molecule has 2 aromatic carbocycles. The van der Waals surface area contributed by atoms with Gasteiger partial charge >= 0.3 is 0 Å². The van der Waals surface area contributed by atoms with Crippen LogP contribution in [0.15, 0.2) is 48.5 Å². The van der Waals surface area contributed by atoms with Crippen molar-refractivity contribution in [1.29, 1.82) is 0 Å². The second-order valence-corrected chi connectivity index (χ2v) is 9.40. The number of hydrogen-bond donors (Lipinski definition) is 1. The normalized spacial score (nSPS) is 15.2. The van der Waals surface area contributed by atoms with Crippen molar-refractivity contribution in [2.45, 2.75) is 76.9 Å². The van der Waals surface area contributed by atoms with Crippen molar-refractivity contribution in [2.24, 2.45) is 0 Å². The third-order valence-electron chi connectivity index (χ3n) is 6.04. The topological polar surface area (TPSA) is 49.4 Å². The third-order valence-corrected chi connectivity index (χ3v) is 6.63. The Balaban J connectivity index is 1.90. The lowest BCUT2D eigenvalue weighted by Crippen LogP contribution is -2.52. The number of halogens is 2. The lowest BCUT2D eigenvalue weighted by Gasteiger charge is -2.33. The fourth-order valence-electron chi connectivity index (χ4n) is 4.29. The fraction of sp³-hybridized carbons (Fsp3) is 0.462. The highest BCUT2D eigenvalue weighted by Gasteiger charge is 2.31. The van der Waals surface area contributed by atoms with E-state index in [0.717, 1.165) is 36.8 Å². The number of carbonyl (C=O) groups is 2. The number of nitrogens with one attached hydrogen (secondary N) is 1. The summed E-state index contributed by atoms with van der Waals surface area (Å²) in [5.74, 6) is -0.131. The van der Waals surface area contributed by atoms with Crippen molar-refractivity contribution in [1.82, 2.24) is 10.2 Å². The van der Waals surface area contributed by atoms with Crippen molar-refractivity contribution in [2.75, 3.05) is 0 Å². The first-order valence-corrected chi connectivity index (χ1v) is 12.3. The van der Waals surface area contributed by atoms with Crippen molar-refractivity contribution in [3.8, 4) is 0 Å². The maximum Gasteiger partial charge on any atom is 0.243 e. The molecule has 0 radical (unpaired) electrons. The molecule has 0 aliphatic heterocycles. The van der Waals surface area contributed by atoms with Crippen molar-refractivity contribution < 1.29 is 9.59 Å². The van der Waals surface area contributed by atoms with Gasteiger partial charge < -0.3 is 10.2 Å². The maximum atomic E-state index is 13.5. The molecule has 1 atom stereocenters. The van der Waals surface area contributed by atoms with Crippen LogP contribution in [-0.4, -0.2) is 28.8 Å². The summed E-state index contributed by atoms with van der Waals surface area (Å²) in [5, 5.41) is 4.28. The van der Waals surface area contributed by atoms with Crippen LogP contribution in [0.1, 0.15) is 63.0 Å². The van der Waals surface area contributed by atoms with E-state index in [1.54, 1.807) is 17.0 Å². The van der Waals surface area contributed by atoms with E-state index in [-0.39, 0.29) is 24.4 Å². The molecule has 32 heavy (non-hydrogen) atoms. The molecule has 1 aliphatic rings. The van der Waals surface area contributed by atoms with Crippen molar-refractivity contribution in [3.63, 3.8) is 0 Å². The van der Waals surface area contributed by atoms with Gasteiger partial charge in [-0.05, 0) is 42.5 Å². The van der Waals surface area contributed by atoms with Gasteiger partial charge in [0.25, 0.3) is 0 Å². The predicted molar refractivity (Wildman–Crippen MR) is 131 cm³/mol. The van der Waals surface area contributed by atoms with E-state index in [9.17, 15) is 9.59 Å². The molecule has 0 aromatic heterocycles. The largest absolute Gasteiger partial charge is 0.352 e. The molecular formula is C26H32Cl2N2O2. The minimum Gasteiger partial charge on any atom is -0.352 e. The van der Waals surface area contributed by atoms with E-state index in [4.69, 9.17) is 23.2 Å². The van der Waals surface area contributed by atoms with E-state index in [1.807, 2.05) is 43.3 Å². The first kappa shape index (κ1) is 24.6. The quantitative estimate of drug-likeness (QED) is 0.471. The summed E-state index contributed by atoms with van der Waals surface area (Å²) in [7, 11) is 0. The molecular weight excluding hydrogens is 443 g/mol. The highest BCUT2D eigenvalue weighted by molar-refractivity contribution is 6.35. The maximum absolute atomic E-state index is 13.5. The smallest absolute Gasteiger partial charge is 0.243 e. The Hall–Kier alpha value is -2.04. The van der Waals surface area contributed by atoms with Gasteiger partial charge in [0.05, 0.1) is 0 Å². The van der Waals surface area contributed by atoms with E-state index >= 15 is 0 Å². The van der Waals surface area contributed by atoms with Gasteiger partial charge in [0.2, 0.25) is 11.8 Å². The summed E-state index contributed by atoms with van der Waals surface area (Å²) in [6.07, 6.45) is 7.03. The molecule has 0 saturated heterocycles. The van der Waals surface area contributed by atoms with Crippen molar-refractivity contribution >= 4 is 35.0 Å². The van der Waals surface area contributed by atoms with Crippen LogP contribution in [0.25, 0.3) is 0 Å². The Labute approximate surface area is 201 Å². The Morgan fingerprint density at radius 2 is 1.78 bits per heavy atom. The van der Waals surface area contributed by atoms with Gasteiger partial charge in [-0.15, -0.1) is 0 Å². The number of nitrogens with zero attached hydrogens (tertiary/aromatic N) is 1. The molecule has 3 rings (SSSR count). The van der Waals surface area contributed by atoms with E-state index < -0.39 is 6.04 Å². The summed E-state index contributed by atoms with van der Waals surface area (Å²) in [5.41, 5.74) is 1.80. The van der Waals surface area contributed by atoms with Crippen LogP contribution >= 0.6 is 23.2 Å². The van der Waals surface area contributed by atoms with Gasteiger partial charge in [-0.25, -0.2) is 0 Å². The van der Waals surface area contributed by atoms with Crippen LogP contribution in [0.5, 0.6) is 0 Å². The standard InChI is InChI=1S/C26H32Cl2N2O2/c1-2-9-25(31)30(18-20-14-15-21(27)17-23(20)28)24(16-19-10-5-3-6-11-19)26(32)29-22-12-7-4-8-13-22/h3,5-6,10-11,14-15,17,22,24H,2,4,7-9,12-13,16,18H2,1H3,(H,29,32)/t24-/m1/s1. The molecule has 172 valence electrons. The second kappa shape index (κ2) is 12.3. The lowest BCUT2D eigenvalue weighted by molar-refractivity contribution is -0.141. The van der Waals surface area contributed by atoms with Crippen LogP contribution in [0, 0.1) is 0 Å². The van der Waals surface area contributed by atoms with Crippen LogP contribution in [0.2, 0.25) is 10.0 Å².